The monoisotopic (exact) mass is 357 g/mol. The molecule has 0 bridgehead atoms. The normalized spacial score (nSPS) is 11.7. The molecule has 27 heavy (non-hydrogen) atoms. The maximum atomic E-state index is 4.92. The lowest BCUT2D eigenvalue weighted by Crippen LogP contribution is -2.23. The van der Waals surface area contributed by atoms with Gasteiger partial charge in [0.25, 0.3) is 0 Å². The molecule has 2 aromatic heterocycles. The first-order valence-electron chi connectivity index (χ1n) is 9.11. The van der Waals surface area contributed by atoms with E-state index in [9.17, 15) is 0 Å². The summed E-state index contributed by atoms with van der Waals surface area (Å²) in [4.78, 5) is 9.09. The SMILES string of the molecule is CC(C)(C)n1nc(-c2ccccc2)c2c(NCc3ccccc3)ncnc21. The lowest BCUT2D eigenvalue weighted by molar-refractivity contribution is 0.367. The number of hydrogen-bond donors (Lipinski definition) is 1. The number of nitrogens with zero attached hydrogens (tertiary/aromatic N) is 4. The largest absolute Gasteiger partial charge is 0.365 e. The van der Waals surface area contributed by atoms with Gasteiger partial charge in [-0.05, 0) is 26.3 Å². The molecule has 0 saturated carbocycles. The Kier molecular flexibility index (Phi) is 4.36. The summed E-state index contributed by atoms with van der Waals surface area (Å²) >= 11 is 0. The molecule has 0 aliphatic heterocycles. The zero-order valence-corrected chi connectivity index (χ0v) is 15.8. The summed E-state index contributed by atoms with van der Waals surface area (Å²) in [6.45, 7) is 7.09. The molecular weight excluding hydrogens is 334 g/mol. The highest BCUT2D eigenvalue weighted by Gasteiger charge is 2.24. The van der Waals surface area contributed by atoms with Crippen molar-refractivity contribution in [1.82, 2.24) is 19.7 Å². The van der Waals surface area contributed by atoms with Crippen molar-refractivity contribution in [3.05, 3.63) is 72.6 Å². The number of anilines is 1. The number of fused-ring (bicyclic) bond motifs is 1. The third-order valence-corrected chi connectivity index (χ3v) is 4.45. The van der Waals surface area contributed by atoms with Crippen LogP contribution in [0.1, 0.15) is 26.3 Å². The van der Waals surface area contributed by atoms with Crippen LogP contribution in [-0.2, 0) is 12.1 Å². The minimum atomic E-state index is -0.184. The van der Waals surface area contributed by atoms with Crippen molar-refractivity contribution in [1.29, 1.82) is 0 Å². The number of benzene rings is 2. The van der Waals surface area contributed by atoms with Gasteiger partial charge in [-0.1, -0.05) is 60.7 Å². The Labute approximate surface area is 159 Å². The van der Waals surface area contributed by atoms with Gasteiger partial charge in [-0.15, -0.1) is 0 Å². The number of aromatic nitrogens is 4. The van der Waals surface area contributed by atoms with Gasteiger partial charge in [-0.3, -0.25) is 0 Å². The molecule has 136 valence electrons. The lowest BCUT2D eigenvalue weighted by atomic mass is 10.1. The van der Waals surface area contributed by atoms with Crippen LogP contribution < -0.4 is 5.32 Å². The first-order chi connectivity index (χ1) is 13.0. The minimum absolute atomic E-state index is 0.184. The summed E-state index contributed by atoms with van der Waals surface area (Å²) in [6.07, 6.45) is 1.61. The zero-order chi connectivity index (χ0) is 18.9. The van der Waals surface area contributed by atoms with E-state index >= 15 is 0 Å². The molecule has 4 rings (SSSR count). The predicted octanol–water partition coefficient (Wildman–Crippen LogP) is 4.86. The van der Waals surface area contributed by atoms with Crippen molar-refractivity contribution < 1.29 is 0 Å². The Morgan fingerprint density at radius 1 is 0.889 bits per heavy atom. The minimum Gasteiger partial charge on any atom is -0.365 e. The summed E-state index contributed by atoms with van der Waals surface area (Å²) in [5.41, 5.74) is 3.82. The summed E-state index contributed by atoms with van der Waals surface area (Å²) in [5, 5.41) is 9.35. The third-order valence-electron chi connectivity index (χ3n) is 4.45. The Morgan fingerprint density at radius 3 is 2.22 bits per heavy atom. The van der Waals surface area contributed by atoms with Crippen LogP contribution in [0.25, 0.3) is 22.3 Å². The quantitative estimate of drug-likeness (QED) is 0.567. The van der Waals surface area contributed by atoms with E-state index in [1.165, 1.54) is 5.56 Å². The number of rotatable bonds is 4. The van der Waals surface area contributed by atoms with E-state index in [1.54, 1.807) is 6.33 Å². The fourth-order valence-corrected chi connectivity index (χ4v) is 3.13. The van der Waals surface area contributed by atoms with Crippen molar-refractivity contribution in [3.8, 4) is 11.3 Å². The van der Waals surface area contributed by atoms with Gasteiger partial charge in [-0.2, -0.15) is 5.10 Å². The molecule has 5 heteroatoms. The van der Waals surface area contributed by atoms with Crippen LogP contribution in [0, 0.1) is 0 Å². The molecule has 0 aliphatic carbocycles. The Bertz CT molecular complexity index is 1050. The standard InChI is InChI=1S/C22H23N5/c1-22(2,3)27-21-18(19(26-27)17-12-8-5-9-13-17)20(24-15-25-21)23-14-16-10-6-4-7-11-16/h4-13,15H,14H2,1-3H3,(H,23,24,25). The van der Waals surface area contributed by atoms with Gasteiger partial charge in [0, 0.05) is 12.1 Å². The van der Waals surface area contributed by atoms with E-state index in [1.807, 2.05) is 41.1 Å². The summed E-state index contributed by atoms with van der Waals surface area (Å²) in [7, 11) is 0. The van der Waals surface area contributed by atoms with Gasteiger partial charge in [0.15, 0.2) is 5.65 Å². The van der Waals surface area contributed by atoms with Crippen LogP contribution in [-0.4, -0.2) is 19.7 Å². The van der Waals surface area contributed by atoms with Crippen LogP contribution in [0.15, 0.2) is 67.0 Å². The molecule has 0 spiro atoms. The maximum absolute atomic E-state index is 4.92. The predicted molar refractivity (Wildman–Crippen MR) is 110 cm³/mol. The maximum Gasteiger partial charge on any atom is 0.164 e. The molecule has 0 saturated heterocycles. The van der Waals surface area contributed by atoms with E-state index in [4.69, 9.17) is 5.10 Å². The molecule has 0 fully saturated rings. The molecule has 2 heterocycles. The average Bonchev–Trinajstić information content (AvgIpc) is 3.09. The lowest BCUT2D eigenvalue weighted by Gasteiger charge is -2.19. The molecular formula is C22H23N5. The van der Waals surface area contributed by atoms with E-state index in [0.29, 0.717) is 6.54 Å². The van der Waals surface area contributed by atoms with Crippen molar-refractivity contribution in [2.24, 2.45) is 0 Å². The summed E-state index contributed by atoms with van der Waals surface area (Å²) in [5.74, 6) is 0.804. The van der Waals surface area contributed by atoms with Gasteiger partial charge in [-0.25, -0.2) is 14.6 Å². The highest BCUT2D eigenvalue weighted by molar-refractivity contribution is 5.99. The second-order valence-corrected chi connectivity index (χ2v) is 7.56. The Hall–Kier alpha value is -3.21. The molecule has 5 nitrogen and oxygen atoms in total. The van der Waals surface area contributed by atoms with Gasteiger partial charge in [0.1, 0.15) is 17.8 Å². The first-order valence-corrected chi connectivity index (χ1v) is 9.11. The zero-order valence-electron chi connectivity index (χ0n) is 15.8. The summed E-state index contributed by atoms with van der Waals surface area (Å²) in [6, 6.07) is 20.5. The van der Waals surface area contributed by atoms with E-state index in [2.05, 4.69) is 60.3 Å². The van der Waals surface area contributed by atoms with E-state index < -0.39 is 0 Å². The van der Waals surface area contributed by atoms with Crippen LogP contribution in [0.5, 0.6) is 0 Å². The van der Waals surface area contributed by atoms with E-state index in [-0.39, 0.29) is 5.54 Å². The van der Waals surface area contributed by atoms with Gasteiger partial charge >= 0.3 is 0 Å². The van der Waals surface area contributed by atoms with Crippen LogP contribution in [0.3, 0.4) is 0 Å². The molecule has 2 aromatic carbocycles. The van der Waals surface area contributed by atoms with Gasteiger partial charge in [0.2, 0.25) is 0 Å². The Morgan fingerprint density at radius 2 is 1.56 bits per heavy atom. The Balaban J connectivity index is 1.86. The van der Waals surface area contributed by atoms with Gasteiger partial charge < -0.3 is 5.32 Å². The average molecular weight is 357 g/mol. The van der Waals surface area contributed by atoms with Crippen molar-refractivity contribution in [3.63, 3.8) is 0 Å². The molecule has 4 aromatic rings. The van der Waals surface area contributed by atoms with Crippen LogP contribution in [0.2, 0.25) is 0 Å². The molecule has 1 N–H and O–H groups in total. The van der Waals surface area contributed by atoms with E-state index in [0.717, 1.165) is 28.1 Å². The fourth-order valence-electron chi connectivity index (χ4n) is 3.13. The first kappa shape index (κ1) is 17.2. The van der Waals surface area contributed by atoms with Crippen molar-refractivity contribution in [2.45, 2.75) is 32.9 Å². The van der Waals surface area contributed by atoms with Crippen LogP contribution in [0.4, 0.5) is 5.82 Å². The summed E-state index contributed by atoms with van der Waals surface area (Å²) < 4.78 is 1.99. The number of nitrogens with one attached hydrogen (secondary N) is 1. The number of hydrogen-bond acceptors (Lipinski definition) is 4. The highest BCUT2D eigenvalue weighted by Crippen LogP contribution is 2.33. The van der Waals surface area contributed by atoms with Crippen molar-refractivity contribution in [2.75, 3.05) is 5.32 Å². The second-order valence-electron chi connectivity index (χ2n) is 7.56. The van der Waals surface area contributed by atoms with Crippen molar-refractivity contribution >= 4 is 16.9 Å². The van der Waals surface area contributed by atoms with Crippen LogP contribution >= 0.6 is 0 Å². The second kappa shape index (κ2) is 6.83. The molecule has 0 radical (unpaired) electrons. The molecule has 0 unspecified atom stereocenters. The molecule has 0 amide bonds. The topological polar surface area (TPSA) is 55.6 Å². The molecule has 0 atom stereocenters. The third kappa shape index (κ3) is 3.40. The van der Waals surface area contributed by atoms with Gasteiger partial charge in [0.05, 0.1) is 10.9 Å². The highest BCUT2D eigenvalue weighted by atomic mass is 15.3. The molecule has 0 aliphatic rings. The smallest absolute Gasteiger partial charge is 0.164 e. The fraction of sp³-hybridized carbons (Fsp3) is 0.227.